The fourth-order valence-corrected chi connectivity index (χ4v) is 4.02. The molecule has 0 spiro atoms. The number of rotatable bonds is 5. The Bertz CT molecular complexity index is 1220. The van der Waals surface area contributed by atoms with Gasteiger partial charge in [0, 0.05) is 37.6 Å². The van der Waals surface area contributed by atoms with Crippen molar-refractivity contribution in [2.45, 2.75) is 44.9 Å². The number of nitrogens with zero attached hydrogens (tertiary/aromatic N) is 4. The van der Waals surface area contributed by atoms with Crippen LogP contribution in [0.4, 0.5) is 10.5 Å². The predicted octanol–water partition coefficient (Wildman–Crippen LogP) is 2.95. The van der Waals surface area contributed by atoms with Crippen LogP contribution >= 0.6 is 0 Å². The van der Waals surface area contributed by atoms with E-state index in [1.165, 1.54) is 0 Å². The van der Waals surface area contributed by atoms with E-state index in [0.717, 1.165) is 24.1 Å². The van der Waals surface area contributed by atoms with Gasteiger partial charge in [0.1, 0.15) is 11.3 Å². The molecule has 2 aromatic heterocycles. The van der Waals surface area contributed by atoms with Crippen LogP contribution in [-0.2, 0) is 0 Å². The monoisotopic (exact) mass is 449 g/mol. The SMILES string of the molecule is Cc1c(C(=O)N2C[C@H](O)[C@H]2C)cn2nccc(Oc3ccc(N(C)C(=O)NC4CC4)cc3)c12. The molecule has 33 heavy (non-hydrogen) atoms. The number of aliphatic hydroxyl groups excluding tert-OH is 1. The number of carbonyl (C=O) groups excluding carboxylic acids is 2. The fraction of sp³-hybridized carbons (Fsp3) is 0.375. The molecule has 2 fully saturated rings. The Morgan fingerprint density at radius 3 is 2.58 bits per heavy atom. The summed E-state index contributed by atoms with van der Waals surface area (Å²) in [6.07, 6.45) is 4.92. The molecule has 1 aliphatic carbocycles. The van der Waals surface area contributed by atoms with E-state index in [1.807, 2.05) is 26.0 Å². The molecule has 9 nitrogen and oxygen atoms in total. The quantitative estimate of drug-likeness (QED) is 0.624. The molecule has 2 aliphatic rings. The molecular weight excluding hydrogens is 422 g/mol. The van der Waals surface area contributed by atoms with E-state index in [1.54, 1.807) is 52.0 Å². The van der Waals surface area contributed by atoms with Crippen molar-refractivity contribution in [2.75, 3.05) is 18.5 Å². The zero-order valence-electron chi connectivity index (χ0n) is 18.9. The van der Waals surface area contributed by atoms with Gasteiger partial charge in [-0.15, -0.1) is 0 Å². The van der Waals surface area contributed by atoms with Gasteiger partial charge in [-0.05, 0) is 56.5 Å². The Morgan fingerprint density at radius 2 is 1.94 bits per heavy atom. The maximum Gasteiger partial charge on any atom is 0.321 e. The summed E-state index contributed by atoms with van der Waals surface area (Å²) in [7, 11) is 1.74. The highest BCUT2D eigenvalue weighted by molar-refractivity contribution is 5.99. The molecular formula is C24H27N5O4. The van der Waals surface area contributed by atoms with Gasteiger partial charge in [-0.3, -0.25) is 9.69 Å². The van der Waals surface area contributed by atoms with Crippen LogP contribution in [0, 0.1) is 6.92 Å². The minimum atomic E-state index is -0.481. The van der Waals surface area contributed by atoms with Crippen LogP contribution in [0.2, 0.25) is 0 Å². The normalized spacial score (nSPS) is 19.8. The number of ether oxygens (including phenoxy) is 1. The van der Waals surface area contributed by atoms with Gasteiger partial charge in [0.05, 0.1) is 23.9 Å². The van der Waals surface area contributed by atoms with Crippen LogP contribution in [0.1, 0.15) is 35.7 Å². The lowest BCUT2D eigenvalue weighted by molar-refractivity contribution is -0.0357. The summed E-state index contributed by atoms with van der Waals surface area (Å²) in [6.45, 7) is 4.04. The maximum atomic E-state index is 13.0. The van der Waals surface area contributed by atoms with Gasteiger partial charge >= 0.3 is 6.03 Å². The Labute approximate surface area is 191 Å². The summed E-state index contributed by atoms with van der Waals surface area (Å²) in [5.74, 6) is 1.06. The van der Waals surface area contributed by atoms with E-state index in [2.05, 4.69) is 10.4 Å². The number of likely N-dealkylation sites (tertiary alicyclic amines) is 1. The second-order valence-electron chi connectivity index (χ2n) is 8.80. The molecule has 5 rings (SSSR count). The zero-order valence-corrected chi connectivity index (χ0v) is 18.9. The lowest BCUT2D eigenvalue weighted by atomic mass is 9.99. The van der Waals surface area contributed by atoms with Crippen LogP contribution in [0.15, 0.2) is 42.7 Å². The molecule has 0 radical (unpaired) electrons. The maximum absolute atomic E-state index is 13.0. The Morgan fingerprint density at radius 1 is 1.21 bits per heavy atom. The third kappa shape index (κ3) is 3.89. The Kier molecular flexibility index (Phi) is 5.20. The van der Waals surface area contributed by atoms with E-state index in [9.17, 15) is 14.7 Å². The van der Waals surface area contributed by atoms with Crippen molar-refractivity contribution >= 4 is 23.1 Å². The first-order valence-electron chi connectivity index (χ1n) is 11.1. The number of nitrogens with one attached hydrogen (secondary N) is 1. The molecule has 1 saturated carbocycles. The third-order valence-corrected chi connectivity index (χ3v) is 6.47. The number of amides is 3. The average Bonchev–Trinajstić information content (AvgIpc) is 3.57. The number of hydrogen-bond donors (Lipinski definition) is 2. The van der Waals surface area contributed by atoms with Crippen molar-refractivity contribution in [1.29, 1.82) is 0 Å². The molecule has 3 amide bonds. The lowest BCUT2D eigenvalue weighted by Gasteiger charge is -2.43. The highest BCUT2D eigenvalue weighted by Crippen LogP contribution is 2.32. The standard InChI is InChI=1S/C24H27N5O4/c1-14-19(23(31)28-13-20(30)15(28)2)12-29-22(14)21(10-11-25-29)33-18-8-6-17(7-9-18)27(3)24(32)26-16-4-5-16/h6-12,15-16,20,30H,4-5,13H2,1-3H3,(H,26,32)/t15-,20+/m1/s1. The number of aromatic nitrogens is 2. The Balaban J connectivity index is 1.36. The number of aryl methyl sites for hydroxylation is 1. The molecule has 1 saturated heterocycles. The second-order valence-corrected chi connectivity index (χ2v) is 8.80. The van der Waals surface area contributed by atoms with Crippen molar-refractivity contribution in [3.05, 3.63) is 53.9 Å². The number of anilines is 1. The van der Waals surface area contributed by atoms with Crippen molar-refractivity contribution in [2.24, 2.45) is 0 Å². The van der Waals surface area contributed by atoms with Crippen LogP contribution in [0.3, 0.4) is 0 Å². The minimum Gasteiger partial charge on any atom is -0.455 e. The van der Waals surface area contributed by atoms with Crippen LogP contribution < -0.4 is 15.0 Å². The largest absolute Gasteiger partial charge is 0.455 e. The number of urea groups is 1. The summed E-state index contributed by atoms with van der Waals surface area (Å²) in [5, 5.41) is 17.1. The molecule has 2 N–H and O–H groups in total. The number of β-amino-alcohol motifs (C(OH)–C–C–N with tert-alkyl or cyclic N) is 1. The molecule has 0 bridgehead atoms. The molecule has 3 heterocycles. The summed E-state index contributed by atoms with van der Waals surface area (Å²) in [4.78, 5) is 28.5. The summed E-state index contributed by atoms with van der Waals surface area (Å²) in [6, 6.07) is 9.01. The van der Waals surface area contributed by atoms with Gasteiger partial charge in [-0.1, -0.05) is 0 Å². The van der Waals surface area contributed by atoms with Gasteiger partial charge in [-0.25, -0.2) is 9.31 Å². The summed E-state index contributed by atoms with van der Waals surface area (Å²) >= 11 is 0. The third-order valence-electron chi connectivity index (χ3n) is 6.47. The fourth-order valence-electron chi connectivity index (χ4n) is 4.02. The van der Waals surface area contributed by atoms with E-state index in [4.69, 9.17) is 4.74 Å². The number of hydrogen-bond acceptors (Lipinski definition) is 5. The van der Waals surface area contributed by atoms with E-state index >= 15 is 0 Å². The van der Waals surface area contributed by atoms with Crippen LogP contribution in [-0.4, -0.2) is 63.3 Å². The highest BCUT2D eigenvalue weighted by atomic mass is 16.5. The van der Waals surface area contributed by atoms with E-state index in [0.29, 0.717) is 35.2 Å². The van der Waals surface area contributed by atoms with Crippen LogP contribution in [0.5, 0.6) is 11.5 Å². The van der Waals surface area contributed by atoms with Crippen molar-refractivity contribution in [3.8, 4) is 11.5 Å². The molecule has 1 aromatic carbocycles. The van der Waals surface area contributed by atoms with Crippen LogP contribution in [0.25, 0.3) is 5.52 Å². The molecule has 3 aromatic rings. The van der Waals surface area contributed by atoms with Gasteiger partial charge in [0.25, 0.3) is 5.91 Å². The Hall–Kier alpha value is -3.59. The first-order chi connectivity index (χ1) is 15.8. The van der Waals surface area contributed by atoms with E-state index in [-0.39, 0.29) is 18.0 Å². The van der Waals surface area contributed by atoms with E-state index < -0.39 is 6.10 Å². The molecule has 1 aliphatic heterocycles. The number of benzene rings is 1. The summed E-state index contributed by atoms with van der Waals surface area (Å²) < 4.78 is 7.77. The first kappa shape index (κ1) is 21.3. The summed E-state index contributed by atoms with van der Waals surface area (Å²) in [5.41, 5.74) is 2.78. The lowest BCUT2D eigenvalue weighted by Crippen LogP contribution is -2.60. The molecule has 172 valence electrons. The van der Waals surface area contributed by atoms with Gasteiger partial charge in [0.15, 0.2) is 5.75 Å². The topological polar surface area (TPSA) is 99.4 Å². The number of aliphatic hydroxyl groups is 1. The smallest absolute Gasteiger partial charge is 0.321 e. The number of carbonyl (C=O) groups is 2. The van der Waals surface area contributed by atoms with Crippen molar-refractivity contribution in [1.82, 2.24) is 19.8 Å². The minimum absolute atomic E-state index is 0.118. The molecule has 9 heteroatoms. The van der Waals surface area contributed by atoms with Crippen molar-refractivity contribution < 1.29 is 19.4 Å². The average molecular weight is 450 g/mol. The second kappa shape index (κ2) is 8.08. The highest BCUT2D eigenvalue weighted by Gasteiger charge is 2.38. The molecule has 0 unspecified atom stereocenters. The number of fused-ring (bicyclic) bond motifs is 1. The predicted molar refractivity (Wildman–Crippen MR) is 123 cm³/mol. The first-order valence-corrected chi connectivity index (χ1v) is 11.1. The van der Waals surface area contributed by atoms with Gasteiger partial charge in [0.2, 0.25) is 0 Å². The molecule has 2 atom stereocenters. The van der Waals surface area contributed by atoms with Gasteiger partial charge < -0.3 is 20.1 Å². The van der Waals surface area contributed by atoms with Crippen molar-refractivity contribution in [3.63, 3.8) is 0 Å². The van der Waals surface area contributed by atoms with Gasteiger partial charge in [-0.2, -0.15) is 5.10 Å². The zero-order chi connectivity index (χ0) is 23.3.